The molecule has 0 aromatic heterocycles. The first kappa shape index (κ1) is 21.8. The molecule has 1 aliphatic heterocycles. The van der Waals surface area contributed by atoms with Crippen LogP contribution in [0.2, 0.25) is 0 Å². The molecule has 2 amide bonds. The van der Waals surface area contributed by atoms with E-state index in [1.54, 1.807) is 17.0 Å². The minimum Gasteiger partial charge on any atom is -0.366 e. The van der Waals surface area contributed by atoms with Crippen molar-refractivity contribution in [1.82, 2.24) is 10.2 Å². The van der Waals surface area contributed by atoms with E-state index in [4.69, 9.17) is 0 Å². The first-order chi connectivity index (χ1) is 14.3. The Labute approximate surface area is 177 Å². The number of para-hydroxylation sites is 1. The highest BCUT2D eigenvalue weighted by atomic mass is 19.1. The molecule has 6 heteroatoms. The molecule has 1 saturated heterocycles. The standard InChI is InChI=1S/C24H30FN3O2/c1-24(2,3)19-10-8-18(9-11-19)23(30)26-13-12-22(29)28-16-14-27(15-17-28)21-7-5-4-6-20(21)25/h4-11H,12-17H2,1-3H3,(H,26,30). The molecule has 2 aromatic rings. The molecule has 1 heterocycles. The second kappa shape index (κ2) is 9.28. The van der Waals surface area contributed by atoms with Crippen LogP contribution in [0.4, 0.5) is 10.1 Å². The van der Waals surface area contributed by atoms with Gasteiger partial charge in [-0.2, -0.15) is 0 Å². The number of carbonyl (C=O) groups excluding carboxylic acids is 2. The topological polar surface area (TPSA) is 52.7 Å². The lowest BCUT2D eigenvalue weighted by Crippen LogP contribution is -2.49. The third-order valence-electron chi connectivity index (χ3n) is 5.46. The van der Waals surface area contributed by atoms with Crippen LogP contribution in [-0.2, 0) is 10.2 Å². The van der Waals surface area contributed by atoms with Crippen LogP contribution < -0.4 is 10.2 Å². The van der Waals surface area contributed by atoms with E-state index in [0.717, 1.165) is 0 Å². The monoisotopic (exact) mass is 411 g/mol. The zero-order chi connectivity index (χ0) is 21.7. The van der Waals surface area contributed by atoms with E-state index in [9.17, 15) is 14.0 Å². The van der Waals surface area contributed by atoms with Crippen LogP contribution in [-0.4, -0.2) is 49.4 Å². The molecule has 0 spiro atoms. The largest absolute Gasteiger partial charge is 0.366 e. The summed E-state index contributed by atoms with van der Waals surface area (Å²) in [4.78, 5) is 28.5. The Morgan fingerprint density at radius 2 is 1.60 bits per heavy atom. The van der Waals surface area contributed by atoms with Gasteiger partial charge < -0.3 is 15.1 Å². The van der Waals surface area contributed by atoms with Crippen molar-refractivity contribution < 1.29 is 14.0 Å². The van der Waals surface area contributed by atoms with Crippen LogP contribution >= 0.6 is 0 Å². The fraction of sp³-hybridized carbons (Fsp3) is 0.417. The van der Waals surface area contributed by atoms with Gasteiger partial charge in [-0.3, -0.25) is 9.59 Å². The first-order valence-corrected chi connectivity index (χ1v) is 10.4. The quantitative estimate of drug-likeness (QED) is 0.818. The molecule has 0 atom stereocenters. The van der Waals surface area contributed by atoms with Gasteiger partial charge in [0.15, 0.2) is 0 Å². The lowest BCUT2D eigenvalue weighted by Gasteiger charge is -2.36. The van der Waals surface area contributed by atoms with Crippen molar-refractivity contribution in [3.8, 4) is 0 Å². The van der Waals surface area contributed by atoms with Crippen molar-refractivity contribution in [1.29, 1.82) is 0 Å². The maximum atomic E-state index is 13.9. The van der Waals surface area contributed by atoms with E-state index in [0.29, 0.717) is 44.0 Å². The molecule has 30 heavy (non-hydrogen) atoms. The fourth-order valence-corrected chi connectivity index (χ4v) is 3.57. The molecule has 160 valence electrons. The summed E-state index contributed by atoms with van der Waals surface area (Å²) in [6.07, 6.45) is 0.255. The number of hydrogen-bond acceptors (Lipinski definition) is 3. The van der Waals surface area contributed by atoms with Gasteiger partial charge in [0.1, 0.15) is 5.82 Å². The molecule has 0 saturated carbocycles. The second-order valence-electron chi connectivity index (χ2n) is 8.65. The molecular weight excluding hydrogens is 381 g/mol. The first-order valence-electron chi connectivity index (χ1n) is 10.4. The van der Waals surface area contributed by atoms with E-state index in [1.807, 2.05) is 35.2 Å². The Hall–Kier alpha value is -2.89. The van der Waals surface area contributed by atoms with Crippen molar-refractivity contribution >= 4 is 17.5 Å². The smallest absolute Gasteiger partial charge is 0.251 e. The van der Waals surface area contributed by atoms with Crippen LogP contribution in [0.5, 0.6) is 0 Å². The van der Waals surface area contributed by atoms with E-state index in [-0.39, 0.29) is 29.5 Å². The maximum absolute atomic E-state index is 13.9. The summed E-state index contributed by atoms with van der Waals surface area (Å²) in [6, 6.07) is 14.3. The van der Waals surface area contributed by atoms with E-state index in [1.165, 1.54) is 11.6 Å². The van der Waals surface area contributed by atoms with E-state index in [2.05, 4.69) is 26.1 Å². The molecule has 2 aromatic carbocycles. The molecule has 0 radical (unpaired) electrons. The van der Waals surface area contributed by atoms with Crippen molar-refractivity contribution in [3.05, 3.63) is 65.5 Å². The summed E-state index contributed by atoms with van der Waals surface area (Å²) in [5.74, 6) is -0.408. The summed E-state index contributed by atoms with van der Waals surface area (Å²) in [7, 11) is 0. The zero-order valence-corrected chi connectivity index (χ0v) is 18.0. The van der Waals surface area contributed by atoms with Crippen LogP contribution in [0.25, 0.3) is 0 Å². The summed E-state index contributed by atoms with van der Waals surface area (Å²) in [6.45, 7) is 8.98. The number of carbonyl (C=O) groups is 2. The molecular formula is C24H30FN3O2. The Balaban J connectivity index is 1.43. The summed E-state index contributed by atoms with van der Waals surface area (Å²) < 4.78 is 13.9. The number of nitrogens with zero attached hydrogens (tertiary/aromatic N) is 2. The van der Waals surface area contributed by atoms with Gasteiger partial charge in [0.2, 0.25) is 5.91 Å². The van der Waals surface area contributed by atoms with Crippen LogP contribution in [0.15, 0.2) is 48.5 Å². The lowest BCUT2D eigenvalue weighted by atomic mass is 9.87. The number of anilines is 1. The van der Waals surface area contributed by atoms with E-state index < -0.39 is 0 Å². The fourth-order valence-electron chi connectivity index (χ4n) is 3.57. The Bertz CT molecular complexity index is 882. The van der Waals surface area contributed by atoms with Crippen molar-refractivity contribution in [3.63, 3.8) is 0 Å². The number of benzene rings is 2. The van der Waals surface area contributed by atoms with Crippen LogP contribution in [0.1, 0.15) is 43.1 Å². The number of piperazine rings is 1. The van der Waals surface area contributed by atoms with E-state index >= 15 is 0 Å². The minimum absolute atomic E-state index is 0.00608. The molecule has 0 aliphatic carbocycles. The molecule has 5 nitrogen and oxygen atoms in total. The average Bonchev–Trinajstić information content (AvgIpc) is 2.73. The number of amides is 2. The number of hydrogen-bond donors (Lipinski definition) is 1. The van der Waals surface area contributed by atoms with Gasteiger partial charge >= 0.3 is 0 Å². The number of nitrogens with one attached hydrogen (secondary N) is 1. The minimum atomic E-state index is -0.240. The van der Waals surface area contributed by atoms with Gasteiger partial charge in [-0.05, 0) is 35.2 Å². The third-order valence-corrected chi connectivity index (χ3v) is 5.46. The van der Waals surface area contributed by atoms with Gasteiger partial charge in [-0.15, -0.1) is 0 Å². The molecule has 3 rings (SSSR count). The highest BCUT2D eigenvalue weighted by Crippen LogP contribution is 2.22. The lowest BCUT2D eigenvalue weighted by molar-refractivity contribution is -0.131. The van der Waals surface area contributed by atoms with Crippen molar-refractivity contribution in [2.45, 2.75) is 32.6 Å². The van der Waals surface area contributed by atoms with Gasteiger partial charge in [0, 0.05) is 44.7 Å². The average molecular weight is 412 g/mol. The molecule has 1 aliphatic rings. The van der Waals surface area contributed by atoms with Crippen molar-refractivity contribution in [2.75, 3.05) is 37.6 Å². The van der Waals surface area contributed by atoms with Gasteiger partial charge in [-0.1, -0.05) is 45.0 Å². The second-order valence-corrected chi connectivity index (χ2v) is 8.65. The predicted octanol–water partition coefficient (Wildman–Crippen LogP) is 3.59. The zero-order valence-electron chi connectivity index (χ0n) is 18.0. The van der Waals surface area contributed by atoms with Crippen LogP contribution in [0.3, 0.4) is 0 Å². The Morgan fingerprint density at radius 1 is 0.967 bits per heavy atom. The molecule has 0 unspecified atom stereocenters. The Kier molecular flexibility index (Phi) is 6.75. The van der Waals surface area contributed by atoms with Crippen molar-refractivity contribution in [2.24, 2.45) is 0 Å². The van der Waals surface area contributed by atoms with Gasteiger partial charge in [0.05, 0.1) is 5.69 Å². The van der Waals surface area contributed by atoms with Gasteiger partial charge in [-0.25, -0.2) is 4.39 Å². The number of rotatable bonds is 5. The summed E-state index contributed by atoms with van der Waals surface area (Å²) in [5.41, 5.74) is 2.38. The molecule has 0 bridgehead atoms. The predicted molar refractivity (Wildman–Crippen MR) is 117 cm³/mol. The third kappa shape index (κ3) is 5.38. The number of halogens is 1. The Morgan fingerprint density at radius 3 is 2.20 bits per heavy atom. The summed E-state index contributed by atoms with van der Waals surface area (Å²) in [5, 5.41) is 2.82. The maximum Gasteiger partial charge on any atom is 0.251 e. The SMILES string of the molecule is CC(C)(C)c1ccc(C(=O)NCCC(=O)N2CCN(c3ccccc3F)CC2)cc1. The molecule has 1 fully saturated rings. The highest BCUT2D eigenvalue weighted by Gasteiger charge is 2.22. The normalized spacial score (nSPS) is 14.5. The summed E-state index contributed by atoms with van der Waals surface area (Å²) >= 11 is 0. The highest BCUT2D eigenvalue weighted by molar-refractivity contribution is 5.94. The molecule has 1 N–H and O–H groups in total. The van der Waals surface area contributed by atoms with Crippen LogP contribution in [0, 0.1) is 5.82 Å². The van der Waals surface area contributed by atoms with Gasteiger partial charge in [0.25, 0.3) is 5.91 Å².